The first kappa shape index (κ1) is 9.77. The van der Waals surface area contributed by atoms with E-state index in [0.717, 1.165) is 22.3 Å². The summed E-state index contributed by atoms with van der Waals surface area (Å²) in [5.41, 5.74) is 2.68. The summed E-state index contributed by atoms with van der Waals surface area (Å²) in [5, 5.41) is 10.7. The van der Waals surface area contributed by atoms with Crippen LogP contribution in [0.2, 0.25) is 0 Å². The zero-order chi connectivity index (χ0) is 11.7. The van der Waals surface area contributed by atoms with Gasteiger partial charge in [-0.3, -0.25) is 5.10 Å². The van der Waals surface area contributed by atoms with Gasteiger partial charge in [0.1, 0.15) is 0 Å². The van der Waals surface area contributed by atoms with E-state index < -0.39 is 0 Å². The van der Waals surface area contributed by atoms with Gasteiger partial charge in [-0.15, -0.1) is 0 Å². The second-order valence-corrected chi connectivity index (χ2v) is 3.64. The molecule has 3 aromatic rings. The molecule has 0 bridgehead atoms. The van der Waals surface area contributed by atoms with E-state index in [9.17, 15) is 0 Å². The molecule has 0 spiro atoms. The predicted molar refractivity (Wildman–Crippen MR) is 66.7 cm³/mol. The zero-order valence-electron chi connectivity index (χ0n) is 9.31. The Labute approximate surface area is 97.9 Å². The molecule has 5 heteroatoms. The van der Waals surface area contributed by atoms with E-state index in [1.54, 1.807) is 13.2 Å². The predicted octanol–water partition coefficient (Wildman–Crippen LogP) is 2.06. The Morgan fingerprint density at radius 3 is 2.71 bits per heavy atom. The minimum atomic E-state index is 0.584. The average Bonchev–Trinajstić information content (AvgIpc) is 2.86. The molecule has 0 saturated carbocycles. The van der Waals surface area contributed by atoms with E-state index in [1.165, 1.54) is 0 Å². The second-order valence-electron chi connectivity index (χ2n) is 3.64. The molecule has 0 amide bonds. The topological polar surface area (TPSA) is 66.5 Å². The number of aromatic nitrogens is 4. The van der Waals surface area contributed by atoms with Gasteiger partial charge in [0.2, 0.25) is 5.95 Å². The molecule has 1 aromatic carbocycles. The van der Waals surface area contributed by atoms with Gasteiger partial charge >= 0.3 is 0 Å². The summed E-state index contributed by atoms with van der Waals surface area (Å²) in [7, 11) is 1.80. The fourth-order valence-electron chi connectivity index (χ4n) is 1.76. The molecule has 0 fully saturated rings. The van der Waals surface area contributed by atoms with Gasteiger partial charge in [0.05, 0.1) is 17.3 Å². The Kier molecular flexibility index (Phi) is 2.22. The first-order chi connectivity index (χ1) is 8.38. The highest BCUT2D eigenvalue weighted by atomic mass is 15.2. The lowest BCUT2D eigenvalue weighted by molar-refractivity contribution is 1.09. The van der Waals surface area contributed by atoms with Crippen LogP contribution in [0.25, 0.3) is 22.3 Å². The van der Waals surface area contributed by atoms with Gasteiger partial charge < -0.3 is 5.32 Å². The van der Waals surface area contributed by atoms with Gasteiger partial charge in [-0.1, -0.05) is 30.3 Å². The van der Waals surface area contributed by atoms with Gasteiger partial charge in [0, 0.05) is 12.6 Å². The quantitative estimate of drug-likeness (QED) is 0.700. The highest BCUT2D eigenvalue weighted by Crippen LogP contribution is 2.25. The molecule has 0 aliphatic rings. The lowest BCUT2D eigenvalue weighted by Crippen LogP contribution is -1.98. The first-order valence-electron chi connectivity index (χ1n) is 5.33. The monoisotopic (exact) mass is 225 g/mol. The largest absolute Gasteiger partial charge is 0.357 e. The van der Waals surface area contributed by atoms with E-state index in [-0.39, 0.29) is 0 Å². The Balaban J connectivity index is 2.30. The average molecular weight is 225 g/mol. The molecule has 0 aliphatic carbocycles. The van der Waals surface area contributed by atoms with Crippen LogP contribution in [0.1, 0.15) is 0 Å². The van der Waals surface area contributed by atoms with Crippen molar-refractivity contribution in [2.45, 2.75) is 0 Å². The Hall–Kier alpha value is -2.43. The molecular formula is C12H11N5. The lowest BCUT2D eigenvalue weighted by Gasteiger charge is -2.04. The third-order valence-corrected chi connectivity index (χ3v) is 2.58. The van der Waals surface area contributed by atoms with Crippen molar-refractivity contribution in [3.63, 3.8) is 0 Å². The first-order valence-corrected chi connectivity index (χ1v) is 5.33. The fourth-order valence-corrected chi connectivity index (χ4v) is 1.76. The van der Waals surface area contributed by atoms with Crippen molar-refractivity contribution in [2.75, 3.05) is 12.4 Å². The van der Waals surface area contributed by atoms with Gasteiger partial charge in [-0.2, -0.15) is 10.1 Å². The summed E-state index contributed by atoms with van der Waals surface area (Å²) in [6, 6.07) is 10.0. The van der Waals surface area contributed by atoms with E-state index >= 15 is 0 Å². The van der Waals surface area contributed by atoms with Gasteiger partial charge in [0.15, 0.2) is 5.65 Å². The molecule has 0 radical (unpaired) electrons. The molecule has 3 rings (SSSR count). The molecule has 0 unspecified atom stereocenters. The Morgan fingerprint density at radius 1 is 1.12 bits per heavy atom. The molecule has 0 atom stereocenters. The van der Waals surface area contributed by atoms with Crippen molar-refractivity contribution < 1.29 is 0 Å². The summed E-state index contributed by atoms with van der Waals surface area (Å²) in [6.45, 7) is 0. The number of aromatic amines is 1. The number of fused-ring (bicyclic) bond motifs is 1. The SMILES string of the molecule is CNc1nc(-c2ccccc2)c2cn[nH]c2n1. The zero-order valence-corrected chi connectivity index (χ0v) is 9.31. The maximum Gasteiger partial charge on any atom is 0.225 e. The molecule has 2 heterocycles. The van der Waals surface area contributed by atoms with Crippen molar-refractivity contribution in [2.24, 2.45) is 0 Å². The van der Waals surface area contributed by atoms with Crippen LogP contribution < -0.4 is 5.32 Å². The molecule has 17 heavy (non-hydrogen) atoms. The van der Waals surface area contributed by atoms with Crippen LogP contribution in [0.3, 0.4) is 0 Å². The minimum Gasteiger partial charge on any atom is -0.357 e. The van der Waals surface area contributed by atoms with Crippen LogP contribution in [-0.2, 0) is 0 Å². The number of anilines is 1. The highest BCUT2D eigenvalue weighted by Gasteiger charge is 2.10. The van der Waals surface area contributed by atoms with Crippen molar-refractivity contribution in [1.82, 2.24) is 20.2 Å². The van der Waals surface area contributed by atoms with Crippen molar-refractivity contribution >= 4 is 17.0 Å². The Bertz CT molecular complexity index is 644. The molecular weight excluding hydrogens is 214 g/mol. The molecule has 5 nitrogen and oxygen atoms in total. The fraction of sp³-hybridized carbons (Fsp3) is 0.0833. The number of hydrogen-bond acceptors (Lipinski definition) is 4. The summed E-state index contributed by atoms with van der Waals surface area (Å²) >= 11 is 0. The van der Waals surface area contributed by atoms with Crippen molar-refractivity contribution in [3.05, 3.63) is 36.5 Å². The van der Waals surface area contributed by atoms with E-state index in [1.807, 2.05) is 30.3 Å². The summed E-state index contributed by atoms with van der Waals surface area (Å²) in [6.07, 6.45) is 1.75. The summed E-state index contributed by atoms with van der Waals surface area (Å²) < 4.78 is 0. The van der Waals surface area contributed by atoms with Crippen molar-refractivity contribution in [1.29, 1.82) is 0 Å². The third kappa shape index (κ3) is 1.61. The number of nitrogens with zero attached hydrogens (tertiary/aromatic N) is 3. The standard InChI is InChI=1S/C12H11N5/c1-13-12-15-10(8-5-3-2-4-6-8)9-7-14-17-11(9)16-12/h2-7H,1H3,(H2,13,14,15,16,17). The van der Waals surface area contributed by atoms with E-state index in [4.69, 9.17) is 0 Å². The number of hydrogen-bond donors (Lipinski definition) is 2. The summed E-state index contributed by atoms with van der Waals surface area (Å²) in [4.78, 5) is 8.78. The summed E-state index contributed by atoms with van der Waals surface area (Å²) in [5.74, 6) is 0.584. The minimum absolute atomic E-state index is 0.584. The van der Waals surface area contributed by atoms with Gasteiger partial charge in [-0.25, -0.2) is 4.98 Å². The van der Waals surface area contributed by atoms with Crippen molar-refractivity contribution in [3.8, 4) is 11.3 Å². The van der Waals surface area contributed by atoms with E-state index in [0.29, 0.717) is 5.95 Å². The maximum absolute atomic E-state index is 4.48. The maximum atomic E-state index is 4.48. The van der Waals surface area contributed by atoms with Crippen LogP contribution in [-0.4, -0.2) is 27.2 Å². The number of H-pyrrole nitrogens is 1. The second kappa shape index (κ2) is 3.86. The molecule has 0 saturated heterocycles. The van der Waals surface area contributed by atoms with Crippen LogP contribution in [0.15, 0.2) is 36.5 Å². The molecule has 2 aromatic heterocycles. The number of rotatable bonds is 2. The lowest BCUT2D eigenvalue weighted by atomic mass is 10.1. The van der Waals surface area contributed by atoms with E-state index in [2.05, 4.69) is 25.5 Å². The van der Waals surface area contributed by atoms with Gasteiger partial charge in [-0.05, 0) is 0 Å². The van der Waals surface area contributed by atoms with Gasteiger partial charge in [0.25, 0.3) is 0 Å². The van der Waals surface area contributed by atoms with Crippen LogP contribution in [0.5, 0.6) is 0 Å². The molecule has 2 N–H and O–H groups in total. The number of nitrogens with one attached hydrogen (secondary N) is 2. The normalized spacial score (nSPS) is 10.6. The van der Waals surface area contributed by atoms with Crippen LogP contribution >= 0.6 is 0 Å². The number of benzene rings is 1. The molecule has 0 aliphatic heterocycles. The highest BCUT2D eigenvalue weighted by molar-refractivity contribution is 5.90. The van der Waals surface area contributed by atoms with Crippen LogP contribution in [0.4, 0.5) is 5.95 Å². The molecule has 84 valence electrons. The van der Waals surface area contributed by atoms with Crippen LogP contribution in [0, 0.1) is 0 Å². The third-order valence-electron chi connectivity index (χ3n) is 2.58. The Morgan fingerprint density at radius 2 is 1.94 bits per heavy atom. The smallest absolute Gasteiger partial charge is 0.225 e.